The molecule has 1 aliphatic carbocycles. The Morgan fingerprint density at radius 3 is 2.84 bits per heavy atom. The van der Waals surface area contributed by atoms with Crippen LogP contribution in [-0.2, 0) is 9.63 Å². The van der Waals surface area contributed by atoms with Crippen LogP contribution in [0.2, 0.25) is 0 Å². The molecular weight excluding hydrogens is 430 g/mol. The van der Waals surface area contributed by atoms with Crippen molar-refractivity contribution in [2.75, 3.05) is 13.1 Å². The summed E-state index contributed by atoms with van der Waals surface area (Å²) in [5.41, 5.74) is 3.38. The first-order valence-electron chi connectivity index (χ1n) is 10.3. The van der Waals surface area contributed by atoms with E-state index in [9.17, 15) is 15.0 Å². The Hall–Kier alpha value is -3.03. The van der Waals surface area contributed by atoms with E-state index < -0.39 is 17.5 Å². The van der Waals surface area contributed by atoms with Crippen molar-refractivity contribution in [3.05, 3.63) is 83.2 Å². The van der Waals surface area contributed by atoms with Gasteiger partial charge in [-0.25, -0.2) is 4.99 Å². The molecule has 0 aromatic heterocycles. The van der Waals surface area contributed by atoms with Crippen LogP contribution in [0.1, 0.15) is 20.8 Å². The van der Waals surface area contributed by atoms with E-state index in [4.69, 9.17) is 16.4 Å². The number of hydroxylamine groups is 1. The largest absolute Gasteiger partial charge is 0.481 e. The maximum atomic E-state index is 11.4. The lowest BCUT2D eigenvalue weighted by Gasteiger charge is -2.20. The van der Waals surface area contributed by atoms with E-state index in [1.807, 2.05) is 19.1 Å². The van der Waals surface area contributed by atoms with Gasteiger partial charge in [-0.15, -0.1) is 0 Å². The van der Waals surface area contributed by atoms with Gasteiger partial charge in [-0.2, -0.15) is 5.48 Å². The fourth-order valence-corrected chi connectivity index (χ4v) is 3.19. The second kappa shape index (κ2) is 11.5. The molecule has 2 unspecified atom stereocenters. The molecule has 0 fully saturated rings. The van der Waals surface area contributed by atoms with E-state index in [1.165, 1.54) is 0 Å². The molecule has 0 aromatic rings. The Morgan fingerprint density at radius 2 is 2.19 bits per heavy atom. The van der Waals surface area contributed by atoms with Crippen LogP contribution < -0.4 is 10.8 Å². The zero-order valence-electron chi connectivity index (χ0n) is 18.5. The van der Waals surface area contributed by atoms with E-state index in [-0.39, 0.29) is 5.92 Å². The number of aliphatic carboxylic acids is 1. The van der Waals surface area contributed by atoms with Gasteiger partial charge in [0.25, 0.3) is 0 Å². The third kappa shape index (κ3) is 7.90. The molecule has 0 radical (unpaired) electrons. The van der Waals surface area contributed by atoms with Crippen LogP contribution in [-0.4, -0.2) is 40.8 Å². The molecule has 4 N–H and O–H groups in total. The third-order valence-electron chi connectivity index (χ3n) is 4.69. The molecule has 32 heavy (non-hydrogen) atoms. The molecule has 8 heteroatoms. The highest BCUT2D eigenvalue weighted by Crippen LogP contribution is 2.25. The summed E-state index contributed by atoms with van der Waals surface area (Å²) in [6, 6.07) is 0. The molecule has 0 amide bonds. The lowest BCUT2D eigenvalue weighted by Crippen LogP contribution is -2.37. The summed E-state index contributed by atoms with van der Waals surface area (Å²) in [6.07, 6.45) is 15.7. The summed E-state index contributed by atoms with van der Waals surface area (Å²) in [6.45, 7) is 9.77. The van der Waals surface area contributed by atoms with Crippen LogP contribution >= 0.6 is 11.6 Å². The summed E-state index contributed by atoms with van der Waals surface area (Å²) in [7, 11) is 0. The first-order valence-corrected chi connectivity index (χ1v) is 10.6. The Balaban J connectivity index is 2.12. The third-order valence-corrected chi connectivity index (χ3v) is 5.05. The van der Waals surface area contributed by atoms with E-state index >= 15 is 0 Å². The van der Waals surface area contributed by atoms with Crippen molar-refractivity contribution in [3.63, 3.8) is 0 Å². The van der Waals surface area contributed by atoms with Gasteiger partial charge in [0.05, 0.1) is 18.1 Å². The predicted molar refractivity (Wildman–Crippen MR) is 128 cm³/mol. The van der Waals surface area contributed by atoms with Gasteiger partial charge in [-0.3, -0.25) is 4.79 Å². The molecule has 2 atom stereocenters. The van der Waals surface area contributed by atoms with Gasteiger partial charge in [0, 0.05) is 11.6 Å². The van der Waals surface area contributed by atoms with Crippen molar-refractivity contribution in [1.82, 2.24) is 10.8 Å². The van der Waals surface area contributed by atoms with Crippen molar-refractivity contribution in [2.45, 2.75) is 26.4 Å². The average molecular weight is 460 g/mol. The van der Waals surface area contributed by atoms with Gasteiger partial charge in [-0.1, -0.05) is 61.6 Å². The topological polar surface area (TPSA) is 103 Å². The number of guanidine groups is 1. The zero-order chi connectivity index (χ0) is 23.7. The van der Waals surface area contributed by atoms with Crippen LogP contribution in [0.5, 0.6) is 0 Å². The lowest BCUT2D eigenvalue weighted by molar-refractivity contribution is -0.141. The fourth-order valence-electron chi connectivity index (χ4n) is 2.93. The molecule has 1 heterocycles. The van der Waals surface area contributed by atoms with Gasteiger partial charge in [0.15, 0.2) is 5.76 Å². The number of halogens is 1. The number of carboxylic acid groups (broad SMARTS) is 1. The van der Waals surface area contributed by atoms with Crippen molar-refractivity contribution in [2.24, 2.45) is 16.8 Å². The molecule has 0 spiro atoms. The number of carboxylic acids is 1. The molecule has 7 nitrogen and oxygen atoms in total. The van der Waals surface area contributed by atoms with Crippen LogP contribution in [0, 0.1) is 11.8 Å². The smallest absolute Gasteiger partial charge is 0.311 e. The van der Waals surface area contributed by atoms with Gasteiger partial charge in [0.1, 0.15) is 0 Å². The summed E-state index contributed by atoms with van der Waals surface area (Å²) in [5.74, 6) is -0.869. The summed E-state index contributed by atoms with van der Waals surface area (Å²) in [4.78, 5) is 21.3. The molecule has 0 aromatic carbocycles. The maximum Gasteiger partial charge on any atom is 0.311 e. The predicted octanol–water partition coefficient (Wildman–Crippen LogP) is 3.75. The molecule has 0 saturated heterocycles. The van der Waals surface area contributed by atoms with Gasteiger partial charge in [-0.05, 0) is 49.1 Å². The minimum atomic E-state index is -0.921. The summed E-state index contributed by atoms with van der Waals surface area (Å²) in [5, 5.41) is 22.8. The molecule has 2 rings (SSSR count). The molecule has 0 saturated carbocycles. The first-order chi connectivity index (χ1) is 15.1. The second-order valence-electron chi connectivity index (χ2n) is 7.93. The number of hydrogen-bond donors (Lipinski definition) is 4. The van der Waals surface area contributed by atoms with Crippen LogP contribution in [0.25, 0.3) is 0 Å². The van der Waals surface area contributed by atoms with E-state index in [0.29, 0.717) is 29.8 Å². The SMILES string of the molecule is C=CC(=C\C=C\C(C)(C)O)/C1=C/CN=C(NOC2=CC(C(=O)O)C(C)C=C2)NC/C=C\1Cl. The Kier molecular flexibility index (Phi) is 9.11. The monoisotopic (exact) mass is 459 g/mol. The summed E-state index contributed by atoms with van der Waals surface area (Å²) < 4.78 is 0. The average Bonchev–Trinajstić information content (AvgIpc) is 2.80. The number of aliphatic hydroxyl groups is 1. The minimum Gasteiger partial charge on any atom is -0.481 e. The number of allylic oxidation sites excluding steroid dienone is 8. The lowest BCUT2D eigenvalue weighted by atomic mass is 9.90. The van der Waals surface area contributed by atoms with Crippen LogP contribution in [0.4, 0.5) is 0 Å². The Bertz CT molecular complexity index is 933. The van der Waals surface area contributed by atoms with Gasteiger partial charge in [0.2, 0.25) is 5.96 Å². The highest BCUT2D eigenvalue weighted by Gasteiger charge is 2.24. The minimum absolute atomic E-state index is 0.110. The maximum absolute atomic E-state index is 11.4. The van der Waals surface area contributed by atoms with Crippen molar-refractivity contribution in [3.8, 4) is 0 Å². The zero-order valence-corrected chi connectivity index (χ0v) is 19.3. The highest BCUT2D eigenvalue weighted by molar-refractivity contribution is 6.32. The number of nitrogens with zero attached hydrogens (tertiary/aromatic N) is 1. The van der Waals surface area contributed by atoms with Crippen LogP contribution in [0.15, 0.2) is 88.2 Å². The number of hydrogen-bond acceptors (Lipinski definition) is 6. The van der Waals surface area contributed by atoms with E-state index in [0.717, 1.165) is 11.1 Å². The van der Waals surface area contributed by atoms with Crippen molar-refractivity contribution >= 4 is 23.5 Å². The van der Waals surface area contributed by atoms with Crippen molar-refractivity contribution in [1.29, 1.82) is 0 Å². The fraction of sp³-hybridized carbons (Fsp3) is 0.333. The van der Waals surface area contributed by atoms with Gasteiger partial charge < -0.3 is 20.4 Å². The van der Waals surface area contributed by atoms with Gasteiger partial charge >= 0.3 is 5.97 Å². The molecule has 2 aliphatic rings. The first kappa shape index (κ1) is 25.2. The standard InChI is InChI=1S/C24H30ClN3O4/c1-5-17(7-6-12-24(3,4)31)19-10-13-26-23(27-14-11-21(19)25)28-32-18-9-8-16(2)20(15-18)22(29)30/h5-12,15-16,20,31H,1,13-14H2,2-4H3,(H,29,30)(H2,26,27,28)/b12-6+,17-7+,19-10-,21-11+. The van der Waals surface area contributed by atoms with E-state index in [2.05, 4.69) is 22.4 Å². The van der Waals surface area contributed by atoms with Crippen molar-refractivity contribution < 1.29 is 19.8 Å². The quantitative estimate of drug-likeness (QED) is 0.341. The Labute approximate surface area is 193 Å². The summed E-state index contributed by atoms with van der Waals surface area (Å²) >= 11 is 6.49. The number of rotatable bonds is 7. The molecule has 172 valence electrons. The molecule has 0 bridgehead atoms. The van der Waals surface area contributed by atoms with Crippen LogP contribution in [0.3, 0.4) is 0 Å². The number of carbonyl (C=O) groups is 1. The normalized spacial score (nSPS) is 25.6. The Morgan fingerprint density at radius 1 is 1.44 bits per heavy atom. The van der Waals surface area contributed by atoms with E-state index in [1.54, 1.807) is 56.4 Å². The molecular formula is C24H30ClN3O4. The number of nitrogens with one attached hydrogen (secondary N) is 2. The second-order valence-corrected chi connectivity index (χ2v) is 8.34. The molecule has 1 aliphatic heterocycles. The number of aliphatic imine (C=N–C) groups is 1. The highest BCUT2D eigenvalue weighted by atomic mass is 35.5.